The molecule has 0 fully saturated rings. The highest BCUT2D eigenvalue weighted by atomic mass is 35.5. The molecule has 0 bridgehead atoms. The Morgan fingerprint density at radius 1 is 1.12 bits per heavy atom. The first-order valence-electron chi connectivity index (χ1n) is 9.97. The molecule has 2 aromatic carbocycles. The van der Waals surface area contributed by atoms with Gasteiger partial charge in [0.05, 0.1) is 34.9 Å². The van der Waals surface area contributed by atoms with Crippen LogP contribution in [0, 0.1) is 0 Å². The summed E-state index contributed by atoms with van der Waals surface area (Å²) in [5.41, 5.74) is -2.23. The molecule has 1 atom stereocenters. The van der Waals surface area contributed by atoms with E-state index in [2.05, 4.69) is 5.16 Å². The third-order valence-corrected chi connectivity index (χ3v) is 7.93. The SMILES string of the molecule is CCSCC(=O)[N+](C)(C)c1ccc(C2=NOC(c3cc(Cl)c(Cl)c(Cl)c3)(C(F)(F)F)C2)cc1Cl. The normalized spacial score (nSPS) is 18.6. The number of carbonyl (C=O) groups excluding carboxylic acids is 1. The van der Waals surface area contributed by atoms with Gasteiger partial charge in [0.2, 0.25) is 0 Å². The van der Waals surface area contributed by atoms with E-state index in [1.807, 2.05) is 6.92 Å². The average Bonchev–Trinajstić information content (AvgIpc) is 3.22. The lowest BCUT2D eigenvalue weighted by molar-refractivity contribution is -0.275. The van der Waals surface area contributed by atoms with Crippen molar-refractivity contribution in [1.82, 2.24) is 4.48 Å². The van der Waals surface area contributed by atoms with Crippen LogP contribution < -0.4 is 4.48 Å². The lowest BCUT2D eigenvalue weighted by Gasteiger charge is -2.30. The number of hydrogen-bond donors (Lipinski definition) is 0. The Morgan fingerprint density at radius 2 is 1.74 bits per heavy atom. The zero-order valence-corrected chi connectivity index (χ0v) is 22.1. The Balaban J connectivity index is 1.95. The summed E-state index contributed by atoms with van der Waals surface area (Å²) < 4.78 is 42.7. The molecule has 0 saturated carbocycles. The van der Waals surface area contributed by atoms with Crippen LogP contribution in [0.3, 0.4) is 0 Å². The highest BCUT2D eigenvalue weighted by molar-refractivity contribution is 7.99. The zero-order chi connectivity index (χ0) is 25.5. The van der Waals surface area contributed by atoms with Crippen molar-refractivity contribution in [2.24, 2.45) is 5.16 Å². The van der Waals surface area contributed by atoms with Crippen LogP contribution in [0.2, 0.25) is 20.1 Å². The van der Waals surface area contributed by atoms with Gasteiger partial charge in [0, 0.05) is 23.6 Å². The minimum Gasteiger partial charge on any atom is -0.374 e. The maximum Gasteiger partial charge on any atom is 0.435 e. The number of benzene rings is 2. The van der Waals surface area contributed by atoms with Crippen molar-refractivity contribution < 1.29 is 22.8 Å². The van der Waals surface area contributed by atoms with E-state index in [0.717, 1.165) is 17.9 Å². The molecule has 12 heteroatoms. The summed E-state index contributed by atoms with van der Waals surface area (Å²) in [6, 6.07) is 6.79. The number of oxime groups is 1. The number of quaternary nitrogens is 1. The fraction of sp³-hybridized carbons (Fsp3) is 0.364. The summed E-state index contributed by atoms with van der Waals surface area (Å²) in [6.07, 6.45) is -5.48. The van der Waals surface area contributed by atoms with Gasteiger partial charge < -0.3 is 4.84 Å². The molecule has 4 nitrogen and oxygen atoms in total. The van der Waals surface area contributed by atoms with E-state index in [1.165, 1.54) is 17.8 Å². The van der Waals surface area contributed by atoms with E-state index < -0.39 is 18.2 Å². The minimum atomic E-state index is -4.84. The van der Waals surface area contributed by atoms with Gasteiger partial charge in [-0.25, -0.2) is 9.28 Å². The van der Waals surface area contributed by atoms with Crippen molar-refractivity contribution in [2.75, 3.05) is 25.6 Å². The van der Waals surface area contributed by atoms with Crippen LogP contribution in [0.5, 0.6) is 0 Å². The lowest BCUT2D eigenvalue weighted by Crippen LogP contribution is -2.48. The summed E-state index contributed by atoms with van der Waals surface area (Å²) in [5.74, 6) is 1.04. The molecule has 1 unspecified atom stereocenters. The van der Waals surface area contributed by atoms with Crippen LogP contribution in [-0.4, -0.2) is 43.4 Å². The summed E-state index contributed by atoms with van der Waals surface area (Å²) in [6.45, 7) is 1.96. The van der Waals surface area contributed by atoms with E-state index in [9.17, 15) is 18.0 Å². The Hall–Kier alpha value is -1.16. The van der Waals surface area contributed by atoms with Gasteiger partial charge in [0.1, 0.15) is 10.8 Å². The van der Waals surface area contributed by atoms with Crippen molar-refractivity contribution >= 4 is 75.5 Å². The first-order chi connectivity index (χ1) is 15.7. The van der Waals surface area contributed by atoms with Gasteiger partial charge in [-0.15, -0.1) is 11.8 Å². The second kappa shape index (κ2) is 10.1. The van der Waals surface area contributed by atoms with Gasteiger partial charge in [-0.1, -0.05) is 58.5 Å². The number of rotatable bonds is 6. The molecule has 1 aliphatic rings. The van der Waals surface area contributed by atoms with Gasteiger partial charge >= 0.3 is 12.1 Å². The van der Waals surface area contributed by atoms with E-state index in [1.54, 1.807) is 26.2 Å². The summed E-state index contributed by atoms with van der Waals surface area (Å²) in [7, 11) is 3.41. The number of carbonyl (C=O) groups is 1. The van der Waals surface area contributed by atoms with Crippen molar-refractivity contribution in [1.29, 1.82) is 0 Å². The highest BCUT2D eigenvalue weighted by Crippen LogP contribution is 2.50. The first-order valence-corrected chi connectivity index (χ1v) is 12.6. The maximum absolute atomic E-state index is 14.3. The lowest BCUT2D eigenvalue weighted by atomic mass is 9.86. The van der Waals surface area contributed by atoms with Gasteiger partial charge in [-0.3, -0.25) is 0 Å². The van der Waals surface area contributed by atoms with Crippen LogP contribution in [0.4, 0.5) is 18.9 Å². The number of amides is 1. The zero-order valence-electron chi connectivity index (χ0n) is 18.3. The predicted molar refractivity (Wildman–Crippen MR) is 135 cm³/mol. The summed E-state index contributed by atoms with van der Waals surface area (Å²) in [5, 5.41) is 3.63. The third-order valence-electron chi connectivity index (χ3n) is 5.57. The second-order valence-electron chi connectivity index (χ2n) is 8.04. The van der Waals surface area contributed by atoms with Crippen LogP contribution in [0.25, 0.3) is 0 Å². The summed E-state index contributed by atoms with van der Waals surface area (Å²) >= 11 is 25.8. The number of thioether (sulfide) groups is 1. The van der Waals surface area contributed by atoms with Crippen molar-refractivity contribution in [2.45, 2.75) is 25.1 Å². The Morgan fingerprint density at radius 3 is 2.26 bits per heavy atom. The van der Waals surface area contributed by atoms with Crippen molar-refractivity contribution in [3.63, 3.8) is 0 Å². The molecule has 0 N–H and O–H groups in total. The van der Waals surface area contributed by atoms with E-state index >= 15 is 0 Å². The van der Waals surface area contributed by atoms with Gasteiger partial charge in [-0.05, 0) is 30.0 Å². The van der Waals surface area contributed by atoms with Crippen molar-refractivity contribution in [3.8, 4) is 0 Å². The molecule has 2 aromatic rings. The molecule has 0 saturated heterocycles. The van der Waals surface area contributed by atoms with Crippen LogP contribution in [0.1, 0.15) is 24.5 Å². The molecule has 0 aliphatic carbocycles. The standard InChI is InChI=1S/C22H20Cl4F3N2O2S/c1-4-34-11-19(32)31(2,3)18-6-5-12(7-14(18)23)17-10-21(33-30-17,22(27,28)29)13-8-15(24)20(26)16(25)9-13/h5-9H,4,10-11H2,1-3H3/q+1. The van der Waals surface area contributed by atoms with Crippen molar-refractivity contribution in [3.05, 3.63) is 61.5 Å². The third kappa shape index (κ3) is 5.04. The van der Waals surface area contributed by atoms with E-state index in [0.29, 0.717) is 17.0 Å². The Labute approximate surface area is 219 Å². The highest BCUT2D eigenvalue weighted by Gasteiger charge is 2.62. The molecule has 34 heavy (non-hydrogen) atoms. The monoisotopic (exact) mass is 573 g/mol. The minimum absolute atomic E-state index is 0.0335. The van der Waals surface area contributed by atoms with E-state index in [4.69, 9.17) is 51.2 Å². The molecule has 1 amide bonds. The average molecular weight is 575 g/mol. The number of nitrogens with zero attached hydrogens (tertiary/aromatic N) is 2. The molecule has 1 aliphatic heterocycles. The number of hydrogen-bond acceptors (Lipinski definition) is 4. The summed E-state index contributed by atoms with van der Waals surface area (Å²) in [4.78, 5) is 17.7. The first kappa shape index (κ1) is 27.4. The van der Waals surface area contributed by atoms with Gasteiger partial charge in [0.25, 0.3) is 5.60 Å². The molecule has 184 valence electrons. The van der Waals surface area contributed by atoms with Crippen LogP contribution >= 0.6 is 58.2 Å². The molecular formula is C22H20Cl4F3N2O2S+. The molecule has 1 heterocycles. The van der Waals surface area contributed by atoms with E-state index in [-0.39, 0.29) is 41.8 Å². The Kier molecular flexibility index (Phi) is 8.12. The van der Waals surface area contributed by atoms with Gasteiger partial charge in [0.15, 0.2) is 5.69 Å². The molecule has 0 radical (unpaired) electrons. The topological polar surface area (TPSA) is 38.7 Å². The van der Waals surface area contributed by atoms with Crippen LogP contribution in [0.15, 0.2) is 35.5 Å². The maximum atomic E-state index is 14.3. The number of alkyl halides is 3. The largest absolute Gasteiger partial charge is 0.435 e. The number of halogens is 7. The molecular weight excluding hydrogens is 555 g/mol. The fourth-order valence-electron chi connectivity index (χ4n) is 3.47. The van der Waals surface area contributed by atoms with Crippen LogP contribution in [-0.2, 0) is 15.2 Å². The smallest absolute Gasteiger partial charge is 0.374 e. The van der Waals surface area contributed by atoms with Gasteiger partial charge in [-0.2, -0.15) is 13.2 Å². The second-order valence-corrected chi connectivity index (χ2v) is 10.9. The Bertz CT molecular complexity index is 1130. The molecule has 0 aromatic heterocycles. The fourth-order valence-corrected chi connectivity index (χ4v) is 5.16. The molecule has 3 rings (SSSR count). The molecule has 0 spiro atoms. The predicted octanol–water partition coefficient (Wildman–Crippen LogP) is 7.73. The quantitative estimate of drug-likeness (QED) is 0.262.